The first-order valence-electron chi connectivity index (χ1n) is 10.8. The molecule has 4 aromatic rings. The Morgan fingerprint density at radius 1 is 1.09 bits per heavy atom. The quantitative estimate of drug-likeness (QED) is 0.378. The topological polar surface area (TPSA) is 80.1 Å². The summed E-state index contributed by atoms with van der Waals surface area (Å²) in [6.45, 7) is 6.35. The highest BCUT2D eigenvalue weighted by atomic mass is 32.1. The summed E-state index contributed by atoms with van der Waals surface area (Å²) in [5.74, 6) is -0.375. The first kappa shape index (κ1) is 23.1. The van der Waals surface area contributed by atoms with Crippen LogP contribution in [0.2, 0.25) is 0 Å². The van der Waals surface area contributed by atoms with E-state index in [0.717, 1.165) is 27.2 Å². The van der Waals surface area contributed by atoms with Gasteiger partial charge in [-0.25, -0.2) is 4.68 Å². The Morgan fingerprint density at radius 2 is 1.85 bits per heavy atom. The predicted molar refractivity (Wildman–Crippen MR) is 132 cm³/mol. The number of aromatic nitrogens is 3. The molecule has 0 saturated heterocycles. The number of para-hydroxylation sites is 1. The molecule has 33 heavy (non-hydrogen) atoms. The molecule has 3 heterocycles. The highest BCUT2D eigenvalue weighted by molar-refractivity contribution is 7.10. The molecule has 9 heteroatoms. The summed E-state index contributed by atoms with van der Waals surface area (Å²) in [7, 11) is 0. The standard InChI is InChI=1S/C24H27N5O2S2/c1-4-24(2,3)25-23(31)22(20-12-8-14-33-20)28(15-17-9-7-13-32-17)21(30)16-29-19-11-6-5-10-18(19)26-27-29/h5-14,22H,4,15-16H2,1-3H3,(H,25,31). The lowest BCUT2D eigenvalue weighted by Gasteiger charge is -2.33. The number of hydrogen-bond acceptors (Lipinski definition) is 6. The minimum Gasteiger partial charge on any atom is -0.349 e. The molecule has 4 rings (SSSR count). The second-order valence-corrected chi connectivity index (χ2v) is 10.5. The van der Waals surface area contributed by atoms with Gasteiger partial charge in [0.15, 0.2) is 0 Å². The Bertz CT molecular complexity index is 1210. The van der Waals surface area contributed by atoms with Gasteiger partial charge in [-0.1, -0.05) is 36.4 Å². The van der Waals surface area contributed by atoms with Gasteiger partial charge in [0.25, 0.3) is 0 Å². The van der Waals surface area contributed by atoms with E-state index >= 15 is 0 Å². The van der Waals surface area contributed by atoms with E-state index in [0.29, 0.717) is 6.54 Å². The molecule has 0 radical (unpaired) electrons. The van der Waals surface area contributed by atoms with Crippen LogP contribution in [0.4, 0.5) is 0 Å². The van der Waals surface area contributed by atoms with E-state index in [1.807, 2.05) is 80.1 Å². The van der Waals surface area contributed by atoms with Gasteiger partial charge in [-0.2, -0.15) is 0 Å². The number of nitrogens with one attached hydrogen (secondary N) is 1. The van der Waals surface area contributed by atoms with Crippen molar-refractivity contribution in [3.8, 4) is 0 Å². The van der Waals surface area contributed by atoms with Crippen LogP contribution in [0.15, 0.2) is 59.3 Å². The van der Waals surface area contributed by atoms with Crippen molar-refractivity contribution >= 4 is 45.5 Å². The lowest BCUT2D eigenvalue weighted by Crippen LogP contribution is -2.50. The van der Waals surface area contributed by atoms with Crippen molar-refractivity contribution in [2.24, 2.45) is 0 Å². The highest BCUT2D eigenvalue weighted by Gasteiger charge is 2.35. The minimum absolute atomic E-state index is 0.00177. The maximum absolute atomic E-state index is 13.7. The van der Waals surface area contributed by atoms with Crippen LogP contribution in [0.25, 0.3) is 11.0 Å². The second kappa shape index (κ2) is 9.84. The zero-order valence-corrected chi connectivity index (χ0v) is 20.5. The van der Waals surface area contributed by atoms with Crippen LogP contribution in [-0.4, -0.2) is 37.2 Å². The predicted octanol–water partition coefficient (Wildman–Crippen LogP) is 4.63. The molecule has 3 aromatic heterocycles. The van der Waals surface area contributed by atoms with Crippen LogP contribution in [-0.2, 0) is 22.7 Å². The Labute approximate surface area is 201 Å². The van der Waals surface area contributed by atoms with Crippen molar-refractivity contribution in [2.75, 3.05) is 0 Å². The molecule has 0 aliphatic carbocycles. The number of fused-ring (bicyclic) bond motifs is 1. The largest absolute Gasteiger partial charge is 0.349 e. The Hall–Kier alpha value is -3.04. The molecule has 0 saturated carbocycles. The molecule has 1 N–H and O–H groups in total. The fraction of sp³-hybridized carbons (Fsp3) is 0.333. The number of carbonyl (C=O) groups is 2. The maximum atomic E-state index is 13.7. The number of nitrogens with zero attached hydrogens (tertiary/aromatic N) is 4. The molecule has 0 spiro atoms. The van der Waals surface area contributed by atoms with Crippen LogP contribution < -0.4 is 5.32 Å². The SMILES string of the molecule is CCC(C)(C)NC(=O)C(c1cccs1)N(Cc1cccs1)C(=O)Cn1nnc2ccccc21. The summed E-state index contributed by atoms with van der Waals surface area (Å²) in [4.78, 5) is 30.8. The number of thiophene rings is 2. The summed E-state index contributed by atoms with van der Waals surface area (Å²) < 4.78 is 1.60. The van der Waals surface area contributed by atoms with Crippen LogP contribution in [0.3, 0.4) is 0 Å². The van der Waals surface area contributed by atoms with Crippen molar-refractivity contribution in [3.05, 3.63) is 69.0 Å². The van der Waals surface area contributed by atoms with Gasteiger partial charge in [0.05, 0.1) is 12.1 Å². The zero-order valence-electron chi connectivity index (χ0n) is 18.9. The van der Waals surface area contributed by atoms with Gasteiger partial charge < -0.3 is 10.2 Å². The smallest absolute Gasteiger partial charge is 0.248 e. The normalized spacial score (nSPS) is 12.6. The van der Waals surface area contributed by atoms with Gasteiger partial charge in [-0.05, 0) is 55.3 Å². The molecule has 0 fully saturated rings. The van der Waals surface area contributed by atoms with E-state index in [9.17, 15) is 9.59 Å². The monoisotopic (exact) mass is 481 g/mol. The van der Waals surface area contributed by atoms with Gasteiger partial charge in [0.2, 0.25) is 11.8 Å². The molecule has 1 aromatic carbocycles. The number of benzene rings is 1. The molecule has 1 unspecified atom stereocenters. The van der Waals surface area contributed by atoms with Crippen molar-refractivity contribution in [2.45, 2.75) is 51.9 Å². The third-order valence-corrected chi connectivity index (χ3v) is 7.44. The molecule has 0 aliphatic heterocycles. The lowest BCUT2D eigenvalue weighted by atomic mass is 10.0. The molecule has 172 valence electrons. The molecular formula is C24H27N5O2S2. The second-order valence-electron chi connectivity index (χ2n) is 8.48. The highest BCUT2D eigenvalue weighted by Crippen LogP contribution is 2.29. The molecule has 0 aliphatic rings. The first-order chi connectivity index (χ1) is 15.9. The van der Waals surface area contributed by atoms with Crippen LogP contribution in [0.1, 0.15) is 43.0 Å². The van der Waals surface area contributed by atoms with Gasteiger partial charge in [-0.3, -0.25) is 9.59 Å². The van der Waals surface area contributed by atoms with E-state index in [1.165, 1.54) is 11.3 Å². The first-order valence-corrected chi connectivity index (χ1v) is 12.6. The zero-order chi connectivity index (χ0) is 23.4. The number of hydrogen-bond donors (Lipinski definition) is 1. The van der Waals surface area contributed by atoms with Gasteiger partial charge in [0.1, 0.15) is 18.1 Å². The van der Waals surface area contributed by atoms with Gasteiger partial charge in [-0.15, -0.1) is 27.8 Å². The Kier molecular flexibility index (Phi) is 6.90. The fourth-order valence-electron chi connectivity index (χ4n) is 3.51. The van der Waals surface area contributed by atoms with Gasteiger partial charge >= 0.3 is 0 Å². The van der Waals surface area contributed by atoms with E-state index in [-0.39, 0.29) is 23.9 Å². The molecule has 2 amide bonds. The van der Waals surface area contributed by atoms with Crippen molar-refractivity contribution in [1.82, 2.24) is 25.2 Å². The summed E-state index contributed by atoms with van der Waals surface area (Å²) in [5, 5.41) is 15.4. The third-order valence-electron chi connectivity index (χ3n) is 5.65. The van der Waals surface area contributed by atoms with Gasteiger partial charge in [0, 0.05) is 15.3 Å². The minimum atomic E-state index is -0.736. The number of amides is 2. The lowest BCUT2D eigenvalue weighted by molar-refractivity contribution is -0.142. The van der Waals surface area contributed by atoms with Crippen molar-refractivity contribution in [3.63, 3.8) is 0 Å². The average Bonchev–Trinajstić information content (AvgIpc) is 3.56. The van der Waals surface area contributed by atoms with Crippen molar-refractivity contribution in [1.29, 1.82) is 0 Å². The Balaban J connectivity index is 1.70. The van der Waals surface area contributed by atoms with Crippen molar-refractivity contribution < 1.29 is 9.59 Å². The van der Waals surface area contributed by atoms with Crippen LogP contribution in [0.5, 0.6) is 0 Å². The van der Waals surface area contributed by atoms with E-state index in [2.05, 4.69) is 15.6 Å². The van der Waals surface area contributed by atoms with Crippen LogP contribution in [0, 0.1) is 0 Å². The van der Waals surface area contributed by atoms with E-state index in [4.69, 9.17) is 0 Å². The van der Waals surface area contributed by atoms with E-state index in [1.54, 1.807) is 20.9 Å². The van der Waals surface area contributed by atoms with E-state index < -0.39 is 6.04 Å². The summed E-state index contributed by atoms with van der Waals surface area (Å²) >= 11 is 3.04. The molecule has 0 bridgehead atoms. The van der Waals surface area contributed by atoms with Crippen LogP contribution >= 0.6 is 22.7 Å². The average molecular weight is 482 g/mol. The summed E-state index contributed by atoms with van der Waals surface area (Å²) in [6, 6.07) is 14.5. The number of carbonyl (C=O) groups excluding carboxylic acids is 2. The fourth-order valence-corrected chi connectivity index (χ4v) is 5.05. The molecule has 7 nitrogen and oxygen atoms in total. The Morgan fingerprint density at radius 3 is 2.55 bits per heavy atom. The summed E-state index contributed by atoms with van der Waals surface area (Å²) in [5.41, 5.74) is 1.13. The maximum Gasteiger partial charge on any atom is 0.248 e. The third kappa shape index (κ3) is 5.31. The summed E-state index contributed by atoms with van der Waals surface area (Å²) in [6.07, 6.45) is 0.777. The molecular weight excluding hydrogens is 454 g/mol. The molecule has 1 atom stereocenters. The number of rotatable bonds is 9.